The molecule has 0 saturated carbocycles. The van der Waals surface area contributed by atoms with Gasteiger partial charge in [0.2, 0.25) is 0 Å². The van der Waals surface area contributed by atoms with Crippen molar-refractivity contribution in [3.63, 3.8) is 0 Å². The summed E-state index contributed by atoms with van der Waals surface area (Å²) in [7, 11) is 1.87. The van der Waals surface area contributed by atoms with Gasteiger partial charge in [0.05, 0.1) is 10.7 Å². The van der Waals surface area contributed by atoms with Crippen LogP contribution in [0.15, 0.2) is 34.2 Å². The summed E-state index contributed by atoms with van der Waals surface area (Å²) in [6, 6.07) is 7.39. The molecule has 0 unspecified atom stereocenters. The van der Waals surface area contributed by atoms with Gasteiger partial charge in [-0.2, -0.15) is 5.10 Å². The molecule has 0 spiro atoms. The number of hydrogen-bond acceptors (Lipinski definition) is 3. The molecular weight excluding hydrogens is 285 g/mol. The molecule has 0 atom stereocenters. The van der Waals surface area contributed by atoms with Gasteiger partial charge in [-0.3, -0.25) is 4.68 Å². The van der Waals surface area contributed by atoms with Gasteiger partial charge in [-0.25, -0.2) is 4.39 Å². The van der Waals surface area contributed by atoms with Crippen molar-refractivity contribution in [2.45, 2.75) is 37.2 Å². The van der Waals surface area contributed by atoms with Crippen molar-refractivity contribution < 1.29 is 4.39 Å². The van der Waals surface area contributed by atoms with Crippen LogP contribution in [0.5, 0.6) is 0 Å². The van der Waals surface area contributed by atoms with E-state index in [-0.39, 0.29) is 5.82 Å². The lowest BCUT2D eigenvalue weighted by molar-refractivity contribution is 0.548. The first-order valence-electron chi connectivity index (χ1n) is 7.13. The lowest BCUT2D eigenvalue weighted by Crippen LogP contribution is -2.18. The van der Waals surface area contributed by atoms with Crippen LogP contribution in [-0.4, -0.2) is 16.3 Å². The fraction of sp³-hybridized carbons (Fsp3) is 0.438. The van der Waals surface area contributed by atoms with Crippen molar-refractivity contribution in [3.8, 4) is 0 Å². The van der Waals surface area contributed by atoms with Gasteiger partial charge in [-0.05, 0) is 43.1 Å². The molecule has 1 aromatic heterocycles. The first-order chi connectivity index (χ1) is 9.95. The number of benzene rings is 1. The molecule has 1 heterocycles. The van der Waals surface area contributed by atoms with Crippen molar-refractivity contribution >= 4 is 11.8 Å². The zero-order valence-electron chi connectivity index (χ0n) is 13.0. The topological polar surface area (TPSA) is 29.9 Å². The summed E-state index contributed by atoms with van der Waals surface area (Å²) in [5.74, 6) is 0.417. The van der Waals surface area contributed by atoms with E-state index < -0.39 is 0 Å². The third-order valence-corrected chi connectivity index (χ3v) is 4.19. The minimum absolute atomic E-state index is 0.178. The third kappa shape index (κ3) is 4.58. The van der Waals surface area contributed by atoms with Crippen molar-refractivity contribution in [1.29, 1.82) is 0 Å². The fourth-order valence-electron chi connectivity index (χ4n) is 2.04. The molecule has 0 saturated heterocycles. The summed E-state index contributed by atoms with van der Waals surface area (Å²) in [5, 5.41) is 8.54. The minimum atomic E-state index is -0.178. The monoisotopic (exact) mass is 307 g/mol. The fourth-order valence-corrected chi connectivity index (χ4v) is 2.96. The largest absolute Gasteiger partial charge is 0.312 e. The smallest absolute Gasteiger partial charge is 0.137 e. The van der Waals surface area contributed by atoms with Crippen LogP contribution in [0.4, 0.5) is 4.39 Å². The molecule has 5 heteroatoms. The number of aromatic nitrogens is 2. The molecule has 0 aliphatic heterocycles. The average molecular weight is 307 g/mol. The lowest BCUT2D eigenvalue weighted by Gasteiger charge is -2.09. The maximum absolute atomic E-state index is 14.2. The highest BCUT2D eigenvalue weighted by Crippen LogP contribution is 2.30. The van der Waals surface area contributed by atoms with Crippen molar-refractivity contribution in [3.05, 3.63) is 41.3 Å². The van der Waals surface area contributed by atoms with Crippen LogP contribution >= 0.6 is 11.8 Å². The molecular formula is C16H22FN3S. The summed E-state index contributed by atoms with van der Waals surface area (Å²) in [4.78, 5) is 0.630. The Morgan fingerprint density at radius 3 is 2.67 bits per heavy atom. The quantitative estimate of drug-likeness (QED) is 0.881. The SMILES string of the molecule is Cc1cc(Sc2ccc(CNCC(C)C)cc2F)n(C)n1. The lowest BCUT2D eigenvalue weighted by atomic mass is 10.2. The average Bonchev–Trinajstić information content (AvgIpc) is 2.70. The van der Waals surface area contributed by atoms with E-state index in [2.05, 4.69) is 24.3 Å². The third-order valence-electron chi connectivity index (χ3n) is 3.05. The molecule has 1 aromatic carbocycles. The Morgan fingerprint density at radius 1 is 1.33 bits per heavy atom. The molecule has 2 aromatic rings. The first kappa shape index (κ1) is 16.0. The van der Waals surface area contributed by atoms with E-state index in [0.717, 1.165) is 22.8 Å². The summed E-state index contributed by atoms with van der Waals surface area (Å²) < 4.78 is 16.0. The van der Waals surface area contributed by atoms with E-state index in [9.17, 15) is 4.39 Å². The number of nitrogens with one attached hydrogen (secondary N) is 1. The number of rotatable bonds is 6. The Bertz CT molecular complexity index is 608. The second kappa shape index (κ2) is 7.09. The molecule has 0 aliphatic carbocycles. The van der Waals surface area contributed by atoms with Gasteiger partial charge < -0.3 is 5.32 Å². The van der Waals surface area contributed by atoms with E-state index in [1.165, 1.54) is 11.8 Å². The normalized spacial score (nSPS) is 11.3. The van der Waals surface area contributed by atoms with Crippen LogP contribution in [0.1, 0.15) is 25.1 Å². The van der Waals surface area contributed by atoms with Gasteiger partial charge in [0, 0.05) is 18.5 Å². The summed E-state index contributed by atoms with van der Waals surface area (Å²) >= 11 is 1.40. The first-order valence-corrected chi connectivity index (χ1v) is 7.95. The van der Waals surface area contributed by atoms with Crippen LogP contribution in [0.25, 0.3) is 0 Å². The van der Waals surface area contributed by atoms with Gasteiger partial charge >= 0.3 is 0 Å². The summed E-state index contributed by atoms with van der Waals surface area (Å²) in [6.45, 7) is 7.88. The maximum atomic E-state index is 14.2. The second-order valence-corrected chi connectivity index (χ2v) is 6.70. The maximum Gasteiger partial charge on any atom is 0.137 e. The number of aryl methyl sites for hydroxylation is 2. The molecule has 0 aliphatic rings. The van der Waals surface area contributed by atoms with E-state index >= 15 is 0 Å². The number of hydrogen-bond donors (Lipinski definition) is 1. The van der Waals surface area contributed by atoms with Gasteiger partial charge in [0.25, 0.3) is 0 Å². The highest BCUT2D eigenvalue weighted by molar-refractivity contribution is 7.99. The molecule has 0 fully saturated rings. The number of halogens is 1. The standard InChI is InChI=1S/C16H22FN3S/c1-11(2)9-18-10-13-5-6-15(14(17)8-13)21-16-7-12(3)19-20(16)4/h5-8,11,18H,9-10H2,1-4H3. The Kier molecular flexibility index (Phi) is 5.42. The van der Waals surface area contributed by atoms with Crippen molar-refractivity contribution in [1.82, 2.24) is 15.1 Å². The predicted molar refractivity (Wildman–Crippen MR) is 85.0 cm³/mol. The molecule has 2 rings (SSSR count). The molecule has 3 nitrogen and oxygen atoms in total. The molecule has 1 N–H and O–H groups in total. The Balaban J connectivity index is 2.03. The van der Waals surface area contributed by atoms with Gasteiger partial charge in [-0.15, -0.1) is 0 Å². The van der Waals surface area contributed by atoms with Gasteiger partial charge in [0.15, 0.2) is 0 Å². The van der Waals surface area contributed by atoms with E-state index in [0.29, 0.717) is 17.4 Å². The summed E-state index contributed by atoms with van der Waals surface area (Å²) in [5.41, 5.74) is 1.91. The molecule has 21 heavy (non-hydrogen) atoms. The Labute approximate surface area is 129 Å². The van der Waals surface area contributed by atoms with E-state index in [4.69, 9.17) is 0 Å². The number of nitrogens with zero attached hydrogens (tertiary/aromatic N) is 2. The molecule has 0 bridgehead atoms. The van der Waals surface area contributed by atoms with Crippen LogP contribution in [-0.2, 0) is 13.6 Å². The van der Waals surface area contributed by atoms with E-state index in [1.54, 1.807) is 10.7 Å². The van der Waals surface area contributed by atoms with Crippen molar-refractivity contribution in [2.24, 2.45) is 13.0 Å². The Hall–Kier alpha value is -1.33. The second-order valence-electron chi connectivity index (χ2n) is 5.64. The van der Waals surface area contributed by atoms with Crippen LogP contribution < -0.4 is 5.32 Å². The van der Waals surface area contributed by atoms with E-state index in [1.807, 2.05) is 32.2 Å². The van der Waals surface area contributed by atoms with Gasteiger partial charge in [-0.1, -0.05) is 31.7 Å². The van der Waals surface area contributed by atoms with Crippen LogP contribution in [0.3, 0.4) is 0 Å². The van der Waals surface area contributed by atoms with Gasteiger partial charge in [0.1, 0.15) is 5.82 Å². The predicted octanol–water partition coefficient (Wildman–Crippen LogP) is 3.76. The summed E-state index contributed by atoms with van der Waals surface area (Å²) in [6.07, 6.45) is 0. The minimum Gasteiger partial charge on any atom is -0.312 e. The Morgan fingerprint density at radius 2 is 2.10 bits per heavy atom. The highest BCUT2D eigenvalue weighted by atomic mass is 32.2. The molecule has 0 amide bonds. The molecule has 114 valence electrons. The van der Waals surface area contributed by atoms with Crippen molar-refractivity contribution in [2.75, 3.05) is 6.54 Å². The van der Waals surface area contributed by atoms with Crippen LogP contribution in [0, 0.1) is 18.7 Å². The zero-order chi connectivity index (χ0) is 15.4. The highest BCUT2D eigenvalue weighted by Gasteiger charge is 2.09. The zero-order valence-corrected chi connectivity index (χ0v) is 13.8. The van der Waals surface area contributed by atoms with Crippen LogP contribution in [0.2, 0.25) is 0 Å². The molecule has 0 radical (unpaired) electrons.